The number of rotatable bonds is 2. The van der Waals surface area contributed by atoms with E-state index in [9.17, 15) is 4.39 Å². The number of hydrazine groups is 1. The number of guanidine groups is 1. The first-order valence-electron chi connectivity index (χ1n) is 4.85. The van der Waals surface area contributed by atoms with Gasteiger partial charge in [-0.15, -0.1) is 0 Å². The van der Waals surface area contributed by atoms with Gasteiger partial charge in [0.2, 0.25) is 5.96 Å². The standard InChI is InChI=1S/C10H13FN4/c11-7-2-1-3-9(6-7)14-10(15-12)13-8-4-5-8/h1-3,6,8H,4-5,12H2,(H2,13,14,15). The lowest BCUT2D eigenvalue weighted by Gasteiger charge is -2.08. The average molecular weight is 208 g/mol. The molecule has 0 atom stereocenters. The minimum absolute atomic E-state index is 0.289. The van der Waals surface area contributed by atoms with E-state index in [1.807, 2.05) is 0 Å². The predicted octanol–water partition coefficient (Wildman–Crippen LogP) is 1.22. The summed E-state index contributed by atoms with van der Waals surface area (Å²) < 4.78 is 12.9. The molecule has 15 heavy (non-hydrogen) atoms. The van der Waals surface area contributed by atoms with Crippen molar-refractivity contribution in [2.75, 3.05) is 5.32 Å². The van der Waals surface area contributed by atoms with Gasteiger partial charge in [-0.3, -0.25) is 5.43 Å². The molecule has 0 heterocycles. The quantitative estimate of drug-likeness (QED) is 0.296. The molecule has 0 bridgehead atoms. The molecule has 4 N–H and O–H groups in total. The fraction of sp³-hybridized carbons (Fsp3) is 0.300. The Labute approximate surface area is 87.4 Å². The van der Waals surface area contributed by atoms with Crippen molar-refractivity contribution in [1.29, 1.82) is 0 Å². The lowest BCUT2D eigenvalue weighted by atomic mass is 10.3. The van der Waals surface area contributed by atoms with Crippen LogP contribution in [0.3, 0.4) is 0 Å². The summed E-state index contributed by atoms with van der Waals surface area (Å²) in [4.78, 5) is 4.28. The molecule has 0 spiro atoms. The van der Waals surface area contributed by atoms with E-state index in [0.29, 0.717) is 17.7 Å². The van der Waals surface area contributed by atoms with E-state index in [0.717, 1.165) is 12.8 Å². The molecule has 0 saturated heterocycles. The Morgan fingerprint density at radius 1 is 1.47 bits per heavy atom. The number of hydrogen-bond acceptors (Lipinski definition) is 2. The van der Waals surface area contributed by atoms with Gasteiger partial charge < -0.3 is 5.32 Å². The van der Waals surface area contributed by atoms with Gasteiger partial charge in [-0.05, 0) is 31.0 Å². The molecule has 1 aromatic rings. The van der Waals surface area contributed by atoms with Crippen molar-refractivity contribution in [1.82, 2.24) is 5.43 Å². The van der Waals surface area contributed by atoms with Crippen LogP contribution < -0.4 is 16.6 Å². The number of halogens is 1. The largest absolute Gasteiger partial charge is 0.325 e. The van der Waals surface area contributed by atoms with Crippen molar-refractivity contribution < 1.29 is 4.39 Å². The van der Waals surface area contributed by atoms with Crippen LogP contribution in [0.2, 0.25) is 0 Å². The molecular formula is C10H13FN4. The molecule has 0 radical (unpaired) electrons. The zero-order valence-corrected chi connectivity index (χ0v) is 8.20. The second-order valence-electron chi connectivity index (χ2n) is 3.49. The first kappa shape index (κ1) is 9.92. The Balaban J connectivity index is 2.05. The van der Waals surface area contributed by atoms with Gasteiger partial charge in [-0.1, -0.05) is 6.07 Å². The van der Waals surface area contributed by atoms with Crippen LogP contribution in [0.5, 0.6) is 0 Å². The molecule has 4 nitrogen and oxygen atoms in total. The maximum absolute atomic E-state index is 12.9. The van der Waals surface area contributed by atoms with Crippen molar-refractivity contribution in [3.8, 4) is 0 Å². The van der Waals surface area contributed by atoms with Crippen molar-refractivity contribution in [3.05, 3.63) is 30.1 Å². The monoisotopic (exact) mass is 208 g/mol. The SMILES string of the molecule is NNC(=NC1CC1)Nc1cccc(F)c1. The summed E-state index contributed by atoms with van der Waals surface area (Å²) in [5.74, 6) is 5.48. The number of nitrogens with one attached hydrogen (secondary N) is 2. The van der Waals surface area contributed by atoms with E-state index < -0.39 is 0 Å². The van der Waals surface area contributed by atoms with Gasteiger partial charge in [0.25, 0.3) is 0 Å². The van der Waals surface area contributed by atoms with E-state index in [1.165, 1.54) is 12.1 Å². The summed E-state index contributed by atoms with van der Waals surface area (Å²) in [5, 5.41) is 2.91. The summed E-state index contributed by atoms with van der Waals surface area (Å²) in [6, 6.07) is 6.52. The highest BCUT2D eigenvalue weighted by atomic mass is 19.1. The number of anilines is 1. The molecule has 1 saturated carbocycles. The Bertz CT molecular complexity index is 373. The van der Waals surface area contributed by atoms with E-state index in [1.54, 1.807) is 12.1 Å². The molecule has 1 aromatic carbocycles. The Kier molecular flexibility index (Phi) is 2.82. The van der Waals surface area contributed by atoms with E-state index in [2.05, 4.69) is 15.7 Å². The fourth-order valence-corrected chi connectivity index (χ4v) is 1.19. The van der Waals surface area contributed by atoms with Crippen LogP contribution in [0.15, 0.2) is 29.3 Å². The molecule has 1 aliphatic rings. The van der Waals surface area contributed by atoms with Crippen LogP contribution in [0.25, 0.3) is 0 Å². The Hall–Kier alpha value is -1.62. The molecule has 0 aromatic heterocycles. The highest BCUT2D eigenvalue weighted by Crippen LogP contribution is 2.23. The number of nitrogens with two attached hydrogens (primary N) is 1. The maximum atomic E-state index is 12.9. The van der Waals surface area contributed by atoms with Gasteiger partial charge in [0.1, 0.15) is 5.82 Å². The molecule has 80 valence electrons. The second kappa shape index (κ2) is 4.27. The van der Waals surface area contributed by atoms with E-state index in [4.69, 9.17) is 5.84 Å². The van der Waals surface area contributed by atoms with Gasteiger partial charge in [0.15, 0.2) is 0 Å². The number of nitrogens with zero attached hydrogens (tertiary/aromatic N) is 1. The molecule has 1 fully saturated rings. The lowest BCUT2D eigenvalue weighted by Crippen LogP contribution is -2.36. The summed E-state index contributed by atoms with van der Waals surface area (Å²) >= 11 is 0. The second-order valence-corrected chi connectivity index (χ2v) is 3.49. The van der Waals surface area contributed by atoms with Gasteiger partial charge in [-0.2, -0.15) is 0 Å². The van der Waals surface area contributed by atoms with Crippen LogP contribution in [0.4, 0.5) is 10.1 Å². The maximum Gasteiger partial charge on any atom is 0.210 e. The van der Waals surface area contributed by atoms with E-state index >= 15 is 0 Å². The molecule has 0 amide bonds. The van der Waals surface area contributed by atoms with Crippen LogP contribution in [0.1, 0.15) is 12.8 Å². The van der Waals surface area contributed by atoms with E-state index in [-0.39, 0.29) is 5.82 Å². The molecular weight excluding hydrogens is 195 g/mol. The molecule has 5 heteroatoms. The predicted molar refractivity (Wildman–Crippen MR) is 57.8 cm³/mol. The third-order valence-corrected chi connectivity index (χ3v) is 2.08. The first-order valence-corrected chi connectivity index (χ1v) is 4.85. The van der Waals surface area contributed by atoms with Crippen molar-refractivity contribution in [2.45, 2.75) is 18.9 Å². The Morgan fingerprint density at radius 2 is 2.27 bits per heavy atom. The minimum atomic E-state index is -0.289. The molecule has 0 unspecified atom stereocenters. The number of hydrogen-bond donors (Lipinski definition) is 3. The summed E-state index contributed by atoms with van der Waals surface area (Å²) in [6.07, 6.45) is 2.19. The summed E-state index contributed by atoms with van der Waals surface area (Å²) in [6.45, 7) is 0. The van der Waals surface area contributed by atoms with Crippen LogP contribution >= 0.6 is 0 Å². The Morgan fingerprint density at radius 3 is 2.87 bits per heavy atom. The van der Waals surface area contributed by atoms with Crippen molar-refractivity contribution in [3.63, 3.8) is 0 Å². The van der Waals surface area contributed by atoms with Crippen molar-refractivity contribution >= 4 is 11.6 Å². The summed E-state index contributed by atoms with van der Waals surface area (Å²) in [7, 11) is 0. The van der Waals surface area contributed by atoms with Crippen molar-refractivity contribution in [2.24, 2.45) is 10.8 Å². The lowest BCUT2D eigenvalue weighted by molar-refractivity contribution is 0.628. The van der Waals surface area contributed by atoms with Gasteiger partial charge in [-0.25, -0.2) is 15.2 Å². The zero-order chi connectivity index (χ0) is 10.7. The highest BCUT2D eigenvalue weighted by molar-refractivity contribution is 5.93. The third kappa shape index (κ3) is 2.92. The molecule has 0 aliphatic heterocycles. The number of benzene rings is 1. The zero-order valence-electron chi connectivity index (χ0n) is 8.20. The highest BCUT2D eigenvalue weighted by Gasteiger charge is 2.20. The smallest absolute Gasteiger partial charge is 0.210 e. The number of aliphatic imine (C=N–C) groups is 1. The topological polar surface area (TPSA) is 62.4 Å². The average Bonchev–Trinajstić information content (AvgIpc) is 3.01. The van der Waals surface area contributed by atoms with Crippen LogP contribution in [-0.4, -0.2) is 12.0 Å². The third-order valence-electron chi connectivity index (χ3n) is 2.08. The summed E-state index contributed by atoms with van der Waals surface area (Å²) in [5.41, 5.74) is 3.09. The normalized spacial score (nSPS) is 16.3. The van der Waals surface area contributed by atoms with Gasteiger partial charge in [0, 0.05) is 5.69 Å². The van der Waals surface area contributed by atoms with Gasteiger partial charge in [0.05, 0.1) is 6.04 Å². The first-order chi connectivity index (χ1) is 7.28. The van der Waals surface area contributed by atoms with Crippen LogP contribution in [-0.2, 0) is 0 Å². The fourth-order valence-electron chi connectivity index (χ4n) is 1.19. The molecule has 1 aliphatic carbocycles. The van der Waals surface area contributed by atoms with Crippen LogP contribution in [0, 0.1) is 5.82 Å². The molecule has 2 rings (SSSR count). The minimum Gasteiger partial charge on any atom is -0.325 e. The van der Waals surface area contributed by atoms with Gasteiger partial charge >= 0.3 is 0 Å².